The third kappa shape index (κ3) is 24.8. The molecular weight excluding hydrogens is 843 g/mol. The van der Waals surface area contributed by atoms with Crippen LogP contribution in [0.4, 0.5) is 0 Å². The average molecular weight is 922 g/mol. The maximum absolute atomic E-state index is 13.3. The summed E-state index contributed by atoms with van der Waals surface area (Å²) >= 11 is 0. The highest BCUT2D eigenvalue weighted by atomic mass is 16.4. The summed E-state index contributed by atoms with van der Waals surface area (Å²) in [5, 5.41) is 33.5. The number of carboxylic acids is 1. The summed E-state index contributed by atoms with van der Waals surface area (Å²) in [4.78, 5) is 89.4. The quantitative estimate of drug-likeness (QED) is 0.0433. The maximum atomic E-state index is 13.3. The molecule has 66 heavy (non-hydrogen) atoms. The van der Waals surface area contributed by atoms with E-state index in [1.807, 2.05) is 62.4 Å². The predicted octanol–water partition coefficient (Wildman–Crippen LogP) is 4.48. The Labute approximate surface area is 392 Å². The number of carbonyl (C=O) groups excluding carboxylic acids is 6. The fraction of sp³-hybridized carbons (Fsp3) is 0.620. The molecule has 6 atom stereocenters. The van der Waals surface area contributed by atoms with Gasteiger partial charge in [-0.2, -0.15) is 0 Å². The van der Waals surface area contributed by atoms with Crippen molar-refractivity contribution in [2.75, 3.05) is 6.54 Å². The molecule has 16 nitrogen and oxygen atoms in total. The van der Waals surface area contributed by atoms with Crippen molar-refractivity contribution in [3.05, 3.63) is 71.8 Å². The first kappa shape index (κ1) is 56.8. The molecule has 0 bridgehead atoms. The molecule has 2 aromatic carbocycles. The van der Waals surface area contributed by atoms with Gasteiger partial charge < -0.3 is 48.3 Å². The highest BCUT2D eigenvalue weighted by molar-refractivity contribution is 5.94. The lowest BCUT2D eigenvalue weighted by Crippen LogP contribution is -2.59. The number of aliphatic carboxylic acids is 1. The fourth-order valence-electron chi connectivity index (χ4n) is 7.65. The van der Waals surface area contributed by atoms with Crippen LogP contribution in [0.15, 0.2) is 60.7 Å². The van der Waals surface area contributed by atoms with Crippen LogP contribution in [0.25, 0.3) is 0 Å². The van der Waals surface area contributed by atoms with Gasteiger partial charge in [0.25, 0.3) is 0 Å². The summed E-state index contributed by atoms with van der Waals surface area (Å²) in [6, 6.07) is 13.0. The number of nitrogens with one attached hydrogen (secondary N) is 5. The minimum absolute atomic E-state index is 0.00314. The van der Waals surface area contributed by atoms with Crippen LogP contribution in [0.5, 0.6) is 0 Å². The smallest absolute Gasteiger partial charge is 0.326 e. The lowest BCUT2D eigenvalue weighted by Gasteiger charge is -2.26. The monoisotopic (exact) mass is 922 g/mol. The summed E-state index contributed by atoms with van der Waals surface area (Å²) < 4.78 is 0. The zero-order valence-electron chi connectivity index (χ0n) is 39.6. The minimum atomic E-state index is -1.27. The lowest BCUT2D eigenvalue weighted by atomic mass is 10.0. The van der Waals surface area contributed by atoms with E-state index in [4.69, 9.17) is 11.5 Å². The second-order valence-corrected chi connectivity index (χ2v) is 17.9. The molecule has 0 radical (unpaired) electrons. The number of hydrogen-bond donors (Lipinski definition) is 9. The number of benzene rings is 2. The van der Waals surface area contributed by atoms with E-state index >= 15 is 0 Å². The van der Waals surface area contributed by atoms with Crippen LogP contribution in [0.3, 0.4) is 0 Å². The van der Waals surface area contributed by atoms with Crippen molar-refractivity contribution in [1.29, 1.82) is 0 Å². The summed E-state index contributed by atoms with van der Waals surface area (Å²) in [7, 11) is 0. The number of rotatable bonds is 36. The first-order chi connectivity index (χ1) is 31.6. The van der Waals surface area contributed by atoms with Gasteiger partial charge in [-0.1, -0.05) is 139 Å². The van der Waals surface area contributed by atoms with E-state index in [1.165, 1.54) is 6.92 Å². The van der Waals surface area contributed by atoms with Gasteiger partial charge in [-0.15, -0.1) is 0 Å². The zero-order chi connectivity index (χ0) is 48.7. The Morgan fingerprint density at radius 2 is 0.939 bits per heavy atom. The molecule has 0 aliphatic carbocycles. The van der Waals surface area contributed by atoms with Gasteiger partial charge in [0.1, 0.15) is 30.2 Å². The van der Waals surface area contributed by atoms with Crippen LogP contribution >= 0.6 is 0 Å². The van der Waals surface area contributed by atoms with Crippen molar-refractivity contribution in [1.82, 2.24) is 26.6 Å². The molecule has 0 aromatic heterocycles. The van der Waals surface area contributed by atoms with Crippen molar-refractivity contribution < 1.29 is 43.8 Å². The van der Waals surface area contributed by atoms with Crippen molar-refractivity contribution >= 4 is 41.4 Å². The van der Waals surface area contributed by atoms with Gasteiger partial charge in [0.05, 0.1) is 6.10 Å². The second-order valence-electron chi connectivity index (χ2n) is 17.9. The van der Waals surface area contributed by atoms with E-state index in [0.29, 0.717) is 45.1 Å². The number of carbonyl (C=O) groups is 7. The van der Waals surface area contributed by atoms with E-state index in [2.05, 4.69) is 26.6 Å². The molecule has 368 valence electrons. The number of unbranched alkanes of at least 4 members (excludes halogenated alkanes) is 12. The molecule has 0 saturated heterocycles. The highest BCUT2D eigenvalue weighted by Gasteiger charge is 2.32. The number of carboxylic acid groups (broad SMARTS) is 1. The Hall–Kier alpha value is -5.35. The maximum Gasteiger partial charge on any atom is 0.326 e. The van der Waals surface area contributed by atoms with Crippen LogP contribution in [0, 0.1) is 5.92 Å². The van der Waals surface area contributed by atoms with Crippen molar-refractivity contribution in [3.63, 3.8) is 0 Å². The second kappa shape index (κ2) is 33.2. The van der Waals surface area contributed by atoms with Crippen LogP contribution in [-0.4, -0.2) is 94.5 Å². The van der Waals surface area contributed by atoms with Crippen molar-refractivity contribution in [3.8, 4) is 0 Å². The summed E-state index contributed by atoms with van der Waals surface area (Å²) in [6.07, 6.45) is 13.2. The largest absolute Gasteiger partial charge is 0.480 e. The van der Waals surface area contributed by atoms with Gasteiger partial charge in [0.2, 0.25) is 35.4 Å². The van der Waals surface area contributed by atoms with E-state index in [1.54, 1.807) is 12.1 Å². The Morgan fingerprint density at radius 1 is 0.515 bits per heavy atom. The number of primary amides is 1. The van der Waals surface area contributed by atoms with Crippen LogP contribution in [-0.2, 0) is 46.4 Å². The van der Waals surface area contributed by atoms with Gasteiger partial charge in [0.15, 0.2) is 0 Å². The molecule has 11 N–H and O–H groups in total. The van der Waals surface area contributed by atoms with E-state index < -0.39 is 65.9 Å². The summed E-state index contributed by atoms with van der Waals surface area (Å²) in [5.74, 6) is -4.22. The summed E-state index contributed by atoms with van der Waals surface area (Å²) in [6.45, 7) is 5.63. The molecule has 0 fully saturated rings. The van der Waals surface area contributed by atoms with Gasteiger partial charge in [-0.25, -0.2) is 4.79 Å². The number of aliphatic hydroxyl groups is 1. The first-order valence-electron chi connectivity index (χ1n) is 24.1. The van der Waals surface area contributed by atoms with Crippen LogP contribution < -0.4 is 38.1 Å². The fourth-order valence-corrected chi connectivity index (χ4v) is 7.65. The molecule has 0 aliphatic rings. The van der Waals surface area contributed by atoms with Gasteiger partial charge in [0, 0.05) is 25.7 Å². The Balaban J connectivity index is 1.62. The first-order valence-corrected chi connectivity index (χ1v) is 24.1. The van der Waals surface area contributed by atoms with Gasteiger partial charge >= 0.3 is 5.97 Å². The summed E-state index contributed by atoms with van der Waals surface area (Å²) in [5.41, 5.74) is 12.8. The van der Waals surface area contributed by atoms with Gasteiger partial charge in [-0.3, -0.25) is 28.8 Å². The molecule has 1 unspecified atom stereocenters. The normalized spacial score (nSPS) is 13.9. The topological polar surface area (TPSA) is 272 Å². The SMILES string of the molecule is CC(C)C[C@H](NC(=O)[C@@H](NC(=O)CCCCCCCCCCCCCCC(=O)N[C@@H](CCCCN)C(=O)N[C@@H](Cc1ccccc1)C(=O)O)C(C)O)C(=O)N[C@@H](Cc1ccccc1)C(N)=O. The molecular formula is C50H79N7O9. The molecule has 6 amide bonds. The van der Waals surface area contributed by atoms with Gasteiger partial charge in [-0.05, 0) is 69.0 Å². The zero-order valence-corrected chi connectivity index (χ0v) is 39.6. The lowest BCUT2D eigenvalue weighted by molar-refractivity contribution is -0.142. The third-order valence-electron chi connectivity index (χ3n) is 11.4. The van der Waals surface area contributed by atoms with Crippen molar-refractivity contribution in [2.45, 2.75) is 186 Å². The molecule has 0 aliphatic heterocycles. The third-order valence-corrected chi connectivity index (χ3v) is 11.4. The molecule has 2 aromatic rings. The number of nitrogens with two attached hydrogens (primary N) is 2. The van der Waals surface area contributed by atoms with E-state index in [0.717, 1.165) is 75.3 Å². The van der Waals surface area contributed by atoms with Crippen LogP contribution in [0.2, 0.25) is 0 Å². The molecule has 16 heteroatoms. The molecule has 2 rings (SSSR count). The van der Waals surface area contributed by atoms with Crippen molar-refractivity contribution in [2.24, 2.45) is 17.4 Å². The predicted molar refractivity (Wildman–Crippen MR) is 255 cm³/mol. The van der Waals surface area contributed by atoms with Crippen LogP contribution in [0.1, 0.15) is 147 Å². The molecule has 0 heterocycles. The number of hydrogen-bond acceptors (Lipinski definition) is 9. The number of amides is 6. The van der Waals surface area contributed by atoms with E-state index in [9.17, 15) is 43.8 Å². The van der Waals surface area contributed by atoms with E-state index in [-0.39, 0.29) is 43.4 Å². The molecule has 0 saturated carbocycles. The number of aliphatic hydroxyl groups excluding tert-OH is 1. The standard InChI is InChI=1S/C50H79N7O9/c1-35(2)32-41(48(63)54-40(46(52)61)33-37-24-16-14-17-25-37)55-49(64)45(36(3)58)57-44(60)30-21-13-11-9-7-5-4-6-8-10-12-20-29-43(59)53-39(28-22-23-31-51)47(62)56-42(50(65)66)34-38-26-18-15-19-27-38/h14-19,24-27,35-36,39-42,45,58H,4-13,20-23,28-34,51H2,1-3H3,(H2,52,61)(H,53,59)(H,54,63)(H,55,64)(H,56,62)(H,57,60)(H,65,66)/t36?,39-,40-,41-,42-,45-/m0/s1. The average Bonchev–Trinajstić information content (AvgIpc) is 3.27. The Morgan fingerprint density at radius 3 is 1.38 bits per heavy atom. The minimum Gasteiger partial charge on any atom is -0.480 e. The Bertz CT molecular complexity index is 1750. The highest BCUT2D eigenvalue weighted by Crippen LogP contribution is 2.15. The Kier molecular flexibility index (Phi) is 28.5. The molecule has 0 spiro atoms.